The van der Waals surface area contributed by atoms with E-state index in [9.17, 15) is 29.1 Å². The van der Waals surface area contributed by atoms with Crippen LogP contribution in [-0.4, -0.2) is 58.1 Å². The second-order valence-corrected chi connectivity index (χ2v) is 10.5. The number of likely N-dealkylation sites (tertiary alicyclic amines) is 1. The molecule has 0 spiro atoms. The second kappa shape index (κ2) is 9.41. The number of ketones is 2. The van der Waals surface area contributed by atoms with Crippen molar-refractivity contribution in [2.75, 3.05) is 13.7 Å². The van der Waals surface area contributed by atoms with Gasteiger partial charge in [0.1, 0.15) is 11.5 Å². The number of aliphatic carboxylic acids is 1. The summed E-state index contributed by atoms with van der Waals surface area (Å²) in [6.45, 7) is 0.0127. The summed E-state index contributed by atoms with van der Waals surface area (Å²) in [6, 6.07) is 4.66. The van der Waals surface area contributed by atoms with Crippen molar-refractivity contribution >= 4 is 45.3 Å². The average molecular weight is 570 g/mol. The van der Waals surface area contributed by atoms with E-state index in [4.69, 9.17) is 9.84 Å². The maximum Gasteiger partial charge on any atom is 0.303 e. The average Bonchev–Trinajstić information content (AvgIpc) is 3.11. The number of carbonyl (C=O) groups is 5. The maximum atomic E-state index is 13.5. The lowest BCUT2D eigenvalue weighted by atomic mass is 9.59. The Balaban J connectivity index is 1.61. The topological polar surface area (TPSA) is 138 Å². The number of methoxy groups -OCH3 is 1. The van der Waals surface area contributed by atoms with E-state index in [1.807, 2.05) is 6.08 Å². The fourth-order valence-electron chi connectivity index (χ4n) is 6.13. The summed E-state index contributed by atoms with van der Waals surface area (Å²) < 4.78 is 5.46. The molecule has 1 aromatic carbocycles. The molecule has 1 fully saturated rings. The summed E-state index contributed by atoms with van der Waals surface area (Å²) in [5.74, 6) is -4.79. The van der Waals surface area contributed by atoms with E-state index in [0.29, 0.717) is 16.9 Å². The van der Waals surface area contributed by atoms with E-state index in [2.05, 4.69) is 15.9 Å². The lowest BCUT2D eigenvalue weighted by molar-refractivity contribution is -0.142. The number of hydrogen-bond donors (Lipinski definition) is 2. The predicted molar refractivity (Wildman–Crippen MR) is 133 cm³/mol. The molecular weight excluding hydrogens is 546 g/mol. The molecule has 0 bridgehead atoms. The van der Waals surface area contributed by atoms with Crippen molar-refractivity contribution < 1.29 is 38.9 Å². The Hall–Kier alpha value is -3.53. The largest absolute Gasteiger partial charge is 0.508 e. The number of carboxylic acids is 1. The number of allylic oxidation sites excluding steroid dienone is 6. The number of rotatable bonds is 6. The van der Waals surface area contributed by atoms with E-state index in [1.54, 1.807) is 12.1 Å². The fraction of sp³-hybridized carbons (Fsp3) is 0.370. The number of aromatic hydroxyl groups is 1. The molecule has 1 aromatic rings. The van der Waals surface area contributed by atoms with Crippen LogP contribution in [0.4, 0.5) is 0 Å². The van der Waals surface area contributed by atoms with Gasteiger partial charge in [0.25, 0.3) is 0 Å². The predicted octanol–water partition coefficient (Wildman–Crippen LogP) is 3.03. The number of amides is 2. The van der Waals surface area contributed by atoms with Crippen LogP contribution in [0.3, 0.4) is 0 Å². The molecule has 1 heterocycles. The van der Waals surface area contributed by atoms with Crippen molar-refractivity contribution in [3.8, 4) is 11.5 Å². The Morgan fingerprint density at radius 1 is 1.16 bits per heavy atom. The Bertz CT molecular complexity index is 1360. The Labute approximate surface area is 220 Å². The van der Waals surface area contributed by atoms with Crippen LogP contribution in [-0.2, 0) is 24.0 Å². The summed E-state index contributed by atoms with van der Waals surface area (Å²) in [7, 11) is 1.48. The zero-order chi connectivity index (χ0) is 26.6. The number of fused-ring (bicyclic) bond motifs is 3. The monoisotopic (exact) mass is 569 g/mol. The normalized spacial score (nSPS) is 26.9. The molecule has 10 heteroatoms. The number of benzene rings is 1. The highest BCUT2D eigenvalue weighted by molar-refractivity contribution is 9.12. The van der Waals surface area contributed by atoms with Crippen LogP contribution in [0.1, 0.15) is 37.2 Å². The number of imide groups is 1. The highest BCUT2D eigenvalue weighted by Gasteiger charge is 2.56. The first kappa shape index (κ1) is 25.1. The Kier molecular flexibility index (Phi) is 6.39. The lowest BCUT2D eigenvalue weighted by Crippen LogP contribution is -2.39. The van der Waals surface area contributed by atoms with Crippen LogP contribution < -0.4 is 4.74 Å². The van der Waals surface area contributed by atoms with Gasteiger partial charge in [-0.1, -0.05) is 11.6 Å². The number of ether oxygens (including phenoxy) is 1. The van der Waals surface area contributed by atoms with Gasteiger partial charge in [0.15, 0.2) is 11.6 Å². The van der Waals surface area contributed by atoms with Gasteiger partial charge in [-0.25, -0.2) is 0 Å². The van der Waals surface area contributed by atoms with E-state index in [1.165, 1.54) is 19.3 Å². The van der Waals surface area contributed by atoms with Crippen LogP contribution in [0.2, 0.25) is 0 Å². The smallest absolute Gasteiger partial charge is 0.303 e. The number of phenols is 1. The number of hydrogen-bond acceptors (Lipinski definition) is 7. The van der Waals surface area contributed by atoms with Crippen LogP contribution in [0, 0.1) is 17.8 Å². The number of carbonyl (C=O) groups excluding carboxylic acids is 4. The van der Waals surface area contributed by atoms with Crippen molar-refractivity contribution in [3.63, 3.8) is 0 Å². The van der Waals surface area contributed by atoms with Crippen LogP contribution >= 0.6 is 15.9 Å². The summed E-state index contributed by atoms with van der Waals surface area (Å²) in [6.07, 6.45) is 3.45. The molecule has 4 aliphatic rings. The van der Waals surface area contributed by atoms with Crippen molar-refractivity contribution in [3.05, 3.63) is 57.1 Å². The van der Waals surface area contributed by atoms with Gasteiger partial charge in [-0.05, 0) is 59.3 Å². The Morgan fingerprint density at radius 3 is 2.62 bits per heavy atom. The standard InChI is InChI=1S/C27H24BrNO8/c1-37-12-4-7-19(30)16(9-12)22-13-5-6-14-23(27(36)29(26(14)35)8-2-3-21(32)33)15(13)10-17-24(22)20(31)11-18(28)25(17)34/h4-5,7,9,11,14-15,22-23,30H,2-3,6,8,10H2,1H3,(H,32,33)/t14-,15+,22+,23-/m0/s1. The van der Waals surface area contributed by atoms with Gasteiger partial charge in [0.2, 0.25) is 11.8 Å². The molecule has 9 nitrogen and oxygen atoms in total. The van der Waals surface area contributed by atoms with Crippen molar-refractivity contribution in [1.82, 2.24) is 4.90 Å². The summed E-state index contributed by atoms with van der Waals surface area (Å²) in [5.41, 5.74) is 1.61. The number of Topliss-reactive ketones (excluding diaryl/α,β-unsaturated/α-hetero) is 1. The molecule has 1 aliphatic heterocycles. The first-order valence-electron chi connectivity index (χ1n) is 12.0. The summed E-state index contributed by atoms with van der Waals surface area (Å²) in [5, 5.41) is 19.8. The molecule has 4 atom stereocenters. The van der Waals surface area contributed by atoms with Crippen molar-refractivity contribution in [2.45, 2.75) is 31.6 Å². The maximum absolute atomic E-state index is 13.5. The molecule has 37 heavy (non-hydrogen) atoms. The van der Waals surface area contributed by atoms with Gasteiger partial charge >= 0.3 is 5.97 Å². The second-order valence-electron chi connectivity index (χ2n) is 9.64. The van der Waals surface area contributed by atoms with Crippen LogP contribution in [0.25, 0.3) is 0 Å². The summed E-state index contributed by atoms with van der Waals surface area (Å²) in [4.78, 5) is 65.2. The molecule has 0 aromatic heterocycles. The van der Waals surface area contributed by atoms with Gasteiger partial charge < -0.3 is 14.9 Å². The van der Waals surface area contributed by atoms with Gasteiger partial charge in [0.05, 0.1) is 23.4 Å². The minimum absolute atomic E-state index is 0.0127. The van der Waals surface area contributed by atoms with Gasteiger partial charge in [-0.15, -0.1) is 0 Å². The molecule has 3 aliphatic carbocycles. The highest BCUT2D eigenvalue weighted by atomic mass is 79.9. The molecule has 2 amide bonds. The van der Waals surface area contributed by atoms with E-state index in [-0.39, 0.29) is 71.1 Å². The number of halogens is 1. The number of phenolic OH excluding ortho intramolecular Hbond substituents is 1. The van der Waals surface area contributed by atoms with Gasteiger partial charge in [-0.2, -0.15) is 0 Å². The first-order chi connectivity index (χ1) is 17.6. The fourth-order valence-corrected chi connectivity index (χ4v) is 6.57. The van der Waals surface area contributed by atoms with Crippen LogP contribution in [0.15, 0.2) is 51.6 Å². The van der Waals surface area contributed by atoms with E-state index in [0.717, 1.165) is 4.90 Å². The third-order valence-corrected chi connectivity index (χ3v) is 8.33. The lowest BCUT2D eigenvalue weighted by Gasteiger charge is -2.42. The van der Waals surface area contributed by atoms with E-state index >= 15 is 0 Å². The van der Waals surface area contributed by atoms with Crippen molar-refractivity contribution in [1.29, 1.82) is 0 Å². The summed E-state index contributed by atoms with van der Waals surface area (Å²) >= 11 is 3.18. The third-order valence-electron chi connectivity index (χ3n) is 7.74. The molecule has 0 saturated carbocycles. The van der Waals surface area contributed by atoms with E-state index < -0.39 is 35.5 Å². The SMILES string of the molecule is COc1ccc(O)c([C@H]2C3=CC[C@@H]4C(=O)N(CCCC(=O)O)C(=O)[C@@H]4[C@@H]3CC3=C2C(=O)C=C(Br)C3=O)c1. The molecule has 0 radical (unpaired) electrons. The van der Waals surface area contributed by atoms with Crippen LogP contribution in [0.5, 0.6) is 11.5 Å². The minimum Gasteiger partial charge on any atom is -0.508 e. The molecule has 0 unspecified atom stereocenters. The minimum atomic E-state index is -1.01. The molecule has 2 N–H and O–H groups in total. The zero-order valence-corrected chi connectivity index (χ0v) is 21.5. The highest BCUT2D eigenvalue weighted by Crippen LogP contribution is 2.56. The quantitative estimate of drug-likeness (QED) is 0.303. The van der Waals surface area contributed by atoms with Gasteiger partial charge in [-0.3, -0.25) is 28.9 Å². The molecular formula is C27H24BrNO8. The van der Waals surface area contributed by atoms with Gasteiger partial charge in [0, 0.05) is 41.7 Å². The zero-order valence-electron chi connectivity index (χ0n) is 19.9. The first-order valence-corrected chi connectivity index (χ1v) is 12.8. The number of nitrogens with zero attached hydrogens (tertiary/aromatic N) is 1. The molecule has 5 rings (SSSR count). The molecule has 192 valence electrons. The Morgan fingerprint density at radius 2 is 1.92 bits per heavy atom. The number of carboxylic acid groups (broad SMARTS) is 1. The van der Waals surface area contributed by atoms with Crippen molar-refractivity contribution in [2.24, 2.45) is 17.8 Å². The molecule has 1 saturated heterocycles. The third kappa shape index (κ3) is 4.03.